The molecule has 0 aliphatic heterocycles. The Balaban J connectivity index is 2.54. The maximum Gasteiger partial charge on any atom is 0.280 e. The van der Waals surface area contributed by atoms with Gasteiger partial charge in [0, 0.05) is 19.7 Å². The van der Waals surface area contributed by atoms with Crippen molar-refractivity contribution < 1.29 is 4.74 Å². The number of aromatic nitrogens is 3. The van der Waals surface area contributed by atoms with Gasteiger partial charge in [0.2, 0.25) is 0 Å². The van der Waals surface area contributed by atoms with Crippen molar-refractivity contribution in [3.8, 4) is 29.4 Å². The predicted octanol–water partition coefficient (Wildman–Crippen LogP) is 2.18. The second-order valence-electron chi connectivity index (χ2n) is 4.26. The van der Waals surface area contributed by atoms with Crippen LogP contribution in [0.5, 0.6) is 5.75 Å². The van der Waals surface area contributed by atoms with Gasteiger partial charge >= 0.3 is 0 Å². The van der Waals surface area contributed by atoms with Crippen LogP contribution in [-0.2, 0) is 14.1 Å². The van der Waals surface area contributed by atoms with Gasteiger partial charge in [0.15, 0.2) is 10.5 Å². The van der Waals surface area contributed by atoms with Crippen molar-refractivity contribution in [2.75, 3.05) is 6.61 Å². The van der Waals surface area contributed by atoms with Gasteiger partial charge in [-0.2, -0.15) is 5.10 Å². The second-order valence-corrected chi connectivity index (χ2v) is 5.03. The van der Waals surface area contributed by atoms with Crippen molar-refractivity contribution in [3.05, 3.63) is 38.3 Å². The van der Waals surface area contributed by atoms with Gasteiger partial charge in [-0.05, 0) is 30.4 Å². The van der Waals surface area contributed by atoms with Crippen molar-refractivity contribution in [3.63, 3.8) is 0 Å². The van der Waals surface area contributed by atoms with Crippen molar-refractivity contribution in [1.82, 2.24) is 14.3 Å². The van der Waals surface area contributed by atoms with Crippen LogP contribution in [0.2, 0.25) is 5.02 Å². The minimum atomic E-state index is -0.286. The van der Waals surface area contributed by atoms with Crippen LogP contribution >= 0.6 is 23.8 Å². The fourth-order valence-electron chi connectivity index (χ4n) is 1.76. The molecule has 0 saturated heterocycles. The van der Waals surface area contributed by atoms with E-state index in [2.05, 4.69) is 11.0 Å². The maximum atomic E-state index is 12.2. The largest absolute Gasteiger partial charge is 0.479 e. The number of nitrogens with zero attached hydrogens (tertiary/aromatic N) is 3. The van der Waals surface area contributed by atoms with Crippen molar-refractivity contribution in [1.29, 1.82) is 0 Å². The van der Waals surface area contributed by atoms with Gasteiger partial charge in [-0.1, -0.05) is 17.5 Å². The van der Waals surface area contributed by atoms with Gasteiger partial charge in [0.1, 0.15) is 12.4 Å². The highest BCUT2D eigenvalue weighted by atomic mass is 35.5. The lowest BCUT2D eigenvalue weighted by atomic mass is 10.1. The number of hydrogen-bond donors (Lipinski definition) is 0. The van der Waals surface area contributed by atoms with E-state index in [0.717, 1.165) is 0 Å². The molecule has 0 atom stereocenters. The van der Waals surface area contributed by atoms with Gasteiger partial charge < -0.3 is 4.74 Å². The van der Waals surface area contributed by atoms with Crippen LogP contribution < -0.4 is 10.3 Å². The Labute approximate surface area is 131 Å². The third kappa shape index (κ3) is 2.99. The molecule has 108 valence electrons. The van der Waals surface area contributed by atoms with E-state index in [9.17, 15) is 4.79 Å². The minimum absolute atomic E-state index is 0.124. The Morgan fingerprint density at radius 2 is 2.19 bits per heavy atom. The standard InChI is InChI=1S/C14H12ClN3O2S/c1-4-7-20-11-6-5-9(8-10(11)15)12-13(19)17(2)14(21)18(3)16-12/h1,5-6,8H,7H2,2-3H3. The van der Waals surface area contributed by atoms with Crippen molar-refractivity contribution >= 4 is 23.8 Å². The predicted molar refractivity (Wildman–Crippen MR) is 84.1 cm³/mol. The zero-order valence-electron chi connectivity index (χ0n) is 11.5. The zero-order chi connectivity index (χ0) is 15.6. The van der Waals surface area contributed by atoms with Crippen LogP contribution in [0.3, 0.4) is 0 Å². The van der Waals surface area contributed by atoms with Crippen LogP contribution in [0.4, 0.5) is 0 Å². The maximum absolute atomic E-state index is 12.2. The van der Waals surface area contributed by atoms with Crippen LogP contribution in [0.1, 0.15) is 0 Å². The van der Waals surface area contributed by atoms with E-state index in [1.807, 2.05) is 0 Å². The summed E-state index contributed by atoms with van der Waals surface area (Å²) in [5.41, 5.74) is 0.560. The quantitative estimate of drug-likeness (QED) is 0.642. The molecule has 7 heteroatoms. The highest BCUT2D eigenvalue weighted by molar-refractivity contribution is 7.71. The van der Waals surface area contributed by atoms with Crippen molar-refractivity contribution in [2.24, 2.45) is 14.1 Å². The first-order valence-electron chi connectivity index (χ1n) is 5.96. The summed E-state index contributed by atoms with van der Waals surface area (Å²) in [4.78, 5) is 12.2. The second kappa shape index (κ2) is 6.12. The molecule has 0 N–H and O–H groups in total. The number of ether oxygens (including phenoxy) is 1. The molecule has 5 nitrogen and oxygen atoms in total. The van der Waals surface area contributed by atoms with E-state index < -0.39 is 0 Å². The van der Waals surface area contributed by atoms with E-state index in [0.29, 0.717) is 21.1 Å². The number of aryl methyl sites for hydroxylation is 1. The highest BCUT2D eigenvalue weighted by Crippen LogP contribution is 2.28. The first-order chi connectivity index (χ1) is 9.95. The SMILES string of the molecule is C#CCOc1ccc(-c2nn(C)c(=S)n(C)c2=O)cc1Cl. The Hall–Kier alpha value is -2.10. The first-order valence-corrected chi connectivity index (χ1v) is 6.75. The fourth-order valence-corrected chi connectivity index (χ4v) is 2.12. The molecule has 0 bridgehead atoms. The molecule has 0 unspecified atom stereocenters. The lowest BCUT2D eigenvalue weighted by Gasteiger charge is -2.09. The molecule has 0 aliphatic rings. The molecular formula is C14H12ClN3O2S. The average Bonchev–Trinajstić information content (AvgIpc) is 2.47. The van der Waals surface area contributed by atoms with E-state index in [1.165, 1.54) is 9.25 Å². The van der Waals surface area contributed by atoms with Gasteiger partial charge in [-0.25, -0.2) is 4.68 Å². The Bertz CT molecular complexity index is 849. The lowest BCUT2D eigenvalue weighted by molar-refractivity contribution is 0.370. The third-order valence-electron chi connectivity index (χ3n) is 2.84. The number of rotatable bonds is 3. The molecule has 1 heterocycles. The Kier molecular flexibility index (Phi) is 4.46. The molecule has 0 spiro atoms. The van der Waals surface area contributed by atoms with E-state index in [1.54, 1.807) is 32.3 Å². The summed E-state index contributed by atoms with van der Waals surface area (Å²) in [5.74, 6) is 2.82. The normalized spacial score (nSPS) is 10.2. The van der Waals surface area contributed by atoms with Crippen LogP contribution in [-0.4, -0.2) is 21.0 Å². The van der Waals surface area contributed by atoms with Crippen LogP contribution in [0, 0.1) is 17.1 Å². The zero-order valence-corrected chi connectivity index (χ0v) is 13.0. The van der Waals surface area contributed by atoms with Gasteiger partial charge in [-0.3, -0.25) is 9.36 Å². The Morgan fingerprint density at radius 1 is 1.48 bits per heavy atom. The van der Waals surface area contributed by atoms with E-state index >= 15 is 0 Å². The number of terminal acetylenes is 1. The summed E-state index contributed by atoms with van der Waals surface area (Å²) in [6, 6.07) is 4.96. The molecule has 0 amide bonds. The summed E-state index contributed by atoms with van der Waals surface area (Å²) in [6.07, 6.45) is 5.13. The molecule has 0 fully saturated rings. The molecule has 2 aromatic rings. The summed E-state index contributed by atoms with van der Waals surface area (Å²) < 4.78 is 8.43. The first kappa shape index (κ1) is 15.3. The van der Waals surface area contributed by atoms with Crippen molar-refractivity contribution in [2.45, 2.75) is 0 Å². The minimum Gasteiger partial charge on any atom is -0.479 e. The monoisotopic (exact) mass is 321 g/mol. The van der Waals surface area contributed by atoms with E-state index in [-0.39, 0.29) is 17.9 Å². The Morgan fingerprint density at radius 3 is 2.81 bits per heavy atom. The molecule has 0 aliphatic carbocycles. The van der Waals surface area contributed by atoms with Gasteiger partial charge in [0.25, 0.3) is 5.56 Å². The molecular weight excluding hydrogens is 310 g/mol. The van der Waals surface area contributed by atoms with Crippen LogP contribution in [0.25, 0.3) is 11.3 Å². The summed E-state index contributed by atoms with van der Waals surface area (Å²) in [6.45, 7) is 0.124. The lowest BCUT2D eigenvalue weighted by Crippen LogP contribution is -2.25. The number of benzene rings is 1. The molecule has 1 aromatic carbocycles. The van der Waals surface area contributed by atoms with Gasteiger partial charge in [-0.15, -0.1) is 6.42 Å². The number of halogens is 1. The fraction of sp³-hybridized carbons (Fsp3) is 0.214. The molecule has 2 rings (SSSR count). The highest BCUT2D eigenvalue weighted by Gasteiger charge is 2.12. The van der Waals surface area contributed by atoms with Crippen LogP contribution in [0.15, 0.2) is 23.0 Å². The van der Waals surface area contributed by atoms with E-state index in [4.69, 9.17) is 35.0 Å². The molecule has 21 heavy (non-hydrogen) atoms. The summed E-state index contributed by atoms with van der Waals surface area (Å²) in [7, 11) is 3.28. The molecule has 0 saturated carbocycles. The summed E-state index contributed by atoms with van der Waals surface area (Å²) >= 11 is 11.2. The van der Waals surface area contributed by atoms with Gasteiger partial charge in [0.05, 0.1) is 5.02 Å². The average molecular weight is 322 g/mol. The molecule has 0 radical (unpaired) electrons. The summed E-state index contributed by atoms with van der Waals surface area (Å²) in [5, 5.41) is 4.54. The topological polar surface area (TPSA) is 49.0 Å². The molecule has 1 aromatic heterocycles. The smallest absolute Gasteiger partial charge is 0.280 e. The third-order valence-corrected chi connectivity index (χ3v) is 3.67. The number of hydrogen-bond acceptors (Lipinski definition) is 4.